The average Bonchev–Trinajstić information content (AvgIpc) is 2.41. The topological polar surface area (TPSA) is 80.7 Å². The smallest absolute Gasteiger partial charge is 0.231 e. The van der Waals surface area contributed by atoms with Gasteiger partial charge in [0.05, 0.1) is 5.56 Å². The van der Waals surface area contributed by atoms with Gasteiger partial charge in [0.2, 0.25) is 5.88 Å². The number of nitrogens with zero attached hydrogens (tertiary/aromatic N) is 2. The molecule has 0 aliphatic heterocycles. The molecule has 0 saturated heterocycles. The maximum Gasteiger partial charge on any atom is 0.231 e. The number of aromatic nitrogens is 1. The third kappa shape index (κ3) is 3.30. The largest absolute Gasteiger partial charge is 0.435 e. The third-order valence-electron chi connectivity index (χ3n) is 2.78. The summed E-state index contributed by atoms with van der Waals surface area (Å²) in [6.45, 7) is 3.54. The fourth-order valence-corrected chi connectivity index (χ4v) is 2.24. The van der Waals surface area contributed by atoms with Crippen molar-refractivity contribution in [3.05, 3.63) is 51.4 Å². The third-order valence-corrected chi connectivity index (χ3v) is 3.27. The summed E-state index contributed by atoms with van der Waals surface area (Å²) in [6.07, 6.45) is 0. The van der Waals surface area contributed by atoms with Crippen LogP contribution in [0.25, 0.3) is 0 Å². The van der Waals surface area contributed by atoms with Crippen LogP contribution in [0.4, 0.5) is 4.39 Å². The molecule has 0 bridgehead atoms. The number of nitrogens with two attached hydrogens (primary N) is 1. The molecule has 0 aliphatic rings. The molecule has 3 N–H and O–H groups in total. The van der Waals surface area contributed by atoms with Crippen molar-refractivity contribution >= 4 is 21.8 Å². The quantitative estimate of drug-likeness (QED) is 0.383. The number of hydrogen-bond donors (Lipinski definition) is 2. The van der Waals surface area contributed by atoms with Crippen LogP contribution in [0.5, 0.6) is 11.6 Å². The van der Waals surface area contributed by atoms with Crippen molar-refractivity contribution in [2.45, 2.75) is 13.8 Å². The van der Waals surface area contributed by atoms with E-state index in [-0.39, 0.29) is 17.5 Å². The zero-order valence-electron chi connectivity index (χ0n) is 11.4. The van der Waals surface area contributed by atoms with Crippen LogP contribution < -0.4 is 10.5 Å². The van der Waals surface area contributed by atoms with E-state index in [4.69, 9.17) is 15.7 Å². The van der Waals surface area contributed by atoms with Crippen LogP contribution in [0.3, 0.4) is 0 Å². The van der Waals surface area contributed by atoms with Crippen molar-refractivity contribution in [3.63, 3.8) is 0 Å². The summed E-state index contributed by atoms with van der Waals surface area (Å²) in [6, 6.07) is 6.06. The van der Waals surface area contributed by atoms with Crippen molar-refractivity contribution in [1.29, 1.82) is 0 Å². The molecule has 0 saturated carbocycles. The summed E-state index contributed by atoms with van der Waals surface area (Å²) in [7, 11) is 0. The first-order valence-corrected chi connectivity index (χ1v) is 6.80. The van der Waals surface area contributed by atoms with E-state index >= 15 is 0 Å². The Labute approximate surface area is 129 Å². The summed E-state index contributed by atoms with van der Waals surface area (Å²) in [5, 5.41) is 11.8. The lowest BCUT2D eigenvalue weighted by Crippen LogP contribution is -2.17. The van der Waals surface area contributed by atoms with Gasteiger partial charge in [0.1, 0.15) is 0 Å². The highest BCUT2D eigenvalue weighted by molar-refractivity contribution is 9.10. The molecule has 0 atom stereocenters. The highest BCUT2D eigenvalue weighted by atomic mass is 79.9. The zero-order chi connectivity index (χ0) is 15.6. The number of benzene rings is 1. The molecular weight excluding hydrogens is 341 g/mol. The van der Waals surface area contributed by atoms with Gasteiger partial charge in [-0.15, -0.1) is 0 Å². The van der Waals surface area contributed by atoms with Gasteiger partial charge in [-0.2, -0.15) is 0 Å². The van der Waals surface area contributed by atoms with Crippen LogP contribution in [0, 0.1) is 19.7 Å². The van der Waals surface area contributed by atoms with Gasteiger partial charge in [0, 0.05) is 10.2 Å². The predicted octanol–water partition coefficient (Wildman–Crippen LogP) is 3.49. The Kier molecular flexibility index (Phi) is 4.42. The van der Waals surface area contributed by atoms with Crippen molar-refractivity contribution < 1.29 is 14.3 Å². The van der Waals surface area contributed by atoms with E-state index in [2.05, 4.69) is 26.1 Å². The lowest BCUT2D eigenvalue weighted by molar-refractivity contribution is 0.318. The molecule has 0 amide bonds. The first-order chi connectivity index (χ1) is 9.92. The van der Waals surface area contributed by atoms with Crippen LogP contribution in [0.1, 0.15) is 16.8 Å². The maximum atomic E-state index is 13.8. The molecule has 2 rings (SSSR count). The van der Waals surface area contributed by atoms with Crippen LogP contribution in [-0.2, 0) is 0 Å². The SMILES string of the molecule is Cc1cc(C)c(/C(N)=N/O)c(Oc2cc(Br)ccc2F)n1. The Balaban J connectivity index is 2.55. The number of ether oxygens (including phenoxy) is 1. The molecule has 5 nitrogen and oxygen atoms in total. The van der Waals surface area contributed by atoms with Gasteiger partial charge in [-0.25, -0.2) is 9.37 Å². The molecular formula is C14H13BrFN3O2. The number of halogens is 2. The summed E-state index contributed by atoms with van der Waals surface area (Å²) in [5.41, 5.74) is 7.35. The minimum atomic E-state index is -0.537. The van der Waals surface area contributed by atoms with E-state index < -0.39 is 5.82 Å². The van der Waals surface area contributed by atoms with Gasteiger partial charge in [0.25, 0.3) is 0 Å². The molecule has 1 aromatic carbocycles. The molecule has 0 aliphatic carbocycles. The number of aryl methyl sites for hydroxylation is 2. The molecule has 110 valence electrons. The minimum absolute atomic E-state index is 0.00568. The number of hydrogen-bond acceptors (Lipinski definition) is 4. The lowest BCUT2D eigenvalue weighted by Gasteiger charge is -2.13. The standard InChI is InChI=1S/C14H13BrFN3O2/c1-7-5-8(2)18-14(12(7)13(17)19-20)21-11-6-9(15)3-4-10(11)16/h3-6,20H,1-2H3,(H2,17,19). The molecule has 2 aromatic rings. The van der Waals surface area contributed by atoms with Gasteiger partial charge < -0.3 is 15.7 Å². The molecule has 7 heteroatoms. The van der Waals surface area contributed by atoms with E-state index in [1.165, 1.54) is 12.1 Å². The van der Waals surface area contributed by atoms with Gasteiger partial charge >= 0.3 is 0 Å². The summed E-state index contributed by atoms with van der Waals surface area (Å²) < 4.78 is 20.0. The normalized spacial score (nSPS) is 11.5. The second kappa shape index (κ2) is 6.09. The van der Waals surface area contributed by atoms with E-state index in [9.17, 15) is 4.39 Å². The molecule has 0 radical (unpaired) electrons. The average molecular weight is 354 g/mol. The first kappa shape index (κ1) is 15.2. The Morgan fingerprint density at radius 1 is 1.38 bits per heavy atom. The van der Waals surface area contributed by atoms with Crippen molar-refractivity contribution in [2.24, 2.45) is 10.9 Å². The first-order valence-electron chi connectivity index (χ1n) is 6.01. The second-order valence-corrected chi connectivity index (χ2v) is 5.34. The molecule has 0 fully saturated rings. The molecule has 21 heavy (non-hydrogen) atoms. The highest BCUT2D eigenvalue weighted by Gasteiger charge is 2.17. The van der Waals surface area contributed by atoms with Crippen LogP contribution in [-0.4, -0.2) is 16.0 Å². The van der Waals surface area contributed by atoms with Gasteiger partial charge in [0.15, 0.2) is 17.4 Å². The molecule has 1 aromatic heterocycles. The summed E-state index contributed by atoms with van der Waals surface area (Å²) in [4.78, 5) is 4.19. The Morgan fingerprint density at radius 3 is 2.76 bits per heavy atom. The van der Waals surface area contributed by atoms with Crippen LogP contribution >= 0.6 is 15.9 Å². The predicted molar refractivity (Wildman–Crippen MR) is 80.4 cm³/mol. The molecule has 1 heterocycles. The summed E-state index contributed by atoms with van der Waals surface area (Å²) in [5.74, 6) is -0.608. The Bertz CT molecular complexity index is 720. The molecule has 0 unspecified atom stereocenters. The molecule has 0 spiro atoms. The number of rotatable bonds is 3. The Morgan fingerprint density at radius 2 is 2.10 bits per heavy atom. The zero-order valence-corrected chi connectivity index (χ0v) is 13.0. The summed E-state index contributed by atoms with van der Waals surface area (Å²) >= 11 is 3.24. The van der Waals surface area contributed by atoms with E-state index in [0.717, 1.165) is 0 Å². The number of amidine groups is 1. The van der Waals surface area contributed by atoms with Crippen molar-refractivity contribution in [2.75, 3.05) is 0 Å². The second-order valence-electron chi connectivity index (χ2n) is 4.42. The van der Waals surface area contributed by atoms with E-state index in [0.29, 0.717) is 21.3 Å². The maximum absolute atomic E-state index is 13.8. The van der Waals surface area contributed by atoms with Crippen molar-refractivity contribution in [3.8, 4) is 11.6 Å². The van der Waals surface area contributed by atoms with Gasteiger partial charge in [-0.05, 0) is 43.7 Å². The fraction of sp³-hybridized carbons (Fsp3) is 0.143. The van der Waals surface area contributed by atoms with Crippen molar-refractivity contribution in [1.82, 2.24) is 4.98 Å². The van der Waals surface area contributed by atoms with Gasteiger partial charge in [-0.3, -0.25) is 0 Å². The number of pyridine rings is 1. The monoisotopic (exact) mass is 353 g/mol. The highest BCUT2D eigenvalue weighted by Crippen LogP contribution is 2.30. The fourth-order valence-electron chi connectivity index (χ4n) is 1.90. The Hall–Kier alpha value is -2.15. The van der Waals surface area contributed by atoms with Crippen LogP contribution in [0.15, 0.2) is 33.9 Å². The van der Waals surface area contributed by atoms with Gasteiger partial charge in [-0.1, -0.05) is 21.1 Å². The minimum Gasteiger partial charge on any atom is -0.435 e. The van der Waals surface area contributed by atoms with E-state index in [1.807, 2.05) is 0 Å². The lowest BCUT2D eigenvalue weighted by atomic mass is 10.1. The van der Waals surface area contributed by atoms with Crippen LogP contribution in [0.2, 0.25) is 0 Å². The van der Waals surface area contributed by atoms with E-state index in [1.54, 1.807) is 26.0 Å². The number of oxime groups is 1.